The molecular weight excluding hydrogens is 380 g/mol. The van der Waals surface area contributed by atoms with Crippen molar-refractivity contribution in [1.29, 1.82) is 0 Å². The number of halogens is 1. The first-order valence-corrected chi connectivity index (χ1v) is 8.78. The molecule has 8 heteroatoms. The van der Waals surface area contributed by atoms with Gasteiger partial charge in [-0.3, -0.25) is 0 Å². The molecule has 3 rings (SSSR count). The van der Waals surface area contributed by atoms with E-state index in [0.717, 1.165) is 17.1 Å². The monoisotopic (exact) mass is 398 g/mol. The van der Waals surface area contributed by atoms with Gasteiger partial charge >= 0.3 is 5.97 Å². The average molecular weight is 399 g/mol. The molecule has 0 saturated carbocycles. The Bertz CT molecular complexity index is 1010. The minimum atomic E-state index is -0.445. The van der Waals surface area contributed by atoms with Crippen molar-refractivity contribution in [2.75, 3.05) is 24.9 Å². The number of nitrogens with zero attached hydrogens (tertiary/aromatic N) is 2. The molecule has 0 atom stereocenters. The highest BCUT2D eigenvalue weighted by Gasteiger charge is 2.11. The lowest BCUT2D eigenvalue weighted by Crippen LogP contribution is -2.05. The molecule has 0 fully saturated rings. The van der Waals surface area contributed by atoms with E-state index in [1.54, 1.807) is 31.4 Å². The predicted octanol–water partition coefficient (Wildman–Crippen LogP) is 4.72. The molecule has 0 spiro atoms. The predicted molar refractivity (Wildman–Crippen MR) is 109 cm³/mol. The number of rotatable bonds is 6. The van der Waals surface area contributed by atoms with E-state index in [9.17, 15) is 4.79 Å². The topological polar surface area (TPSA) is 85.4 Å². The van der Waals surface area contributed by atoms with Crippen LogP contribution in [0.1, 0.15) is 16.1 Å². The first-order valence-electron chi connectivity index (χ1n) is 8.40. The van der Waals surface area contributed by atoms with Gasteiger partial charge in [0.15, 0.2) is 0 Å². The second-order valence-electron chi connectivity index (χ2n) is 5.89. The van der Waals surface area contributed by atoms with E-state index in [0.29, 0.717) is 28.0 Å². The Balaban J connectivity index is 1.86. The van der Waals surface area contributed by atoms with Gasteiger partial charge in [-0.15, -0.1) is 0 Å². The maximum Gasteiger partial charge on any atom is 0.337 e. The summed E-state index contributed by atoms with van der Waals surface area (Å²) in [4.78, 5) is 20.6. The van der Waals surface area contributed by atoms with Crippen LogP contribution in [0.15, 0.2) is 48.5 Å². The van der Waals surface area contributed by atoms with Crippen molar-refractivity contribution in [3.05, 3.63) is 64.8 Å². The number of aromatic nitrogens is 2. The van der Waals surface area contributed by atoms with E-state index in [-0.39, 0.29) is 0 Å². The molecular formula is C20H19ClN4O3. The van der Waals surface area contributed by atoms with Crippen molar-refractivity contribution in [3.8, 4) is 5.75 Å². The third-order valence-electron chi connectivity index (χ3n) is 3.83. The van der Waals surface area contributed by atoms with Crippen LogP contribution < -0.4 is 15.4 Å². The maximum atomic E-state index is 11.8. The Morgan fingerprint density at radius 3 is 2.61 bits per heavy atom. The molecule has 2 aromatic carbocycles. The number of aryl methyl sites for hydroxylation is 1. The molecule has 0 saturated heterocycles. The Morgan fingerprint density at radius 2 is 1.86 bits per heavy atom. The van der Waals surface area contributed by atoms with Gasteiger partial charge in [-0.25, -0.2) is 9.78 Å². The molecule has 0 aliphatic heterocycles. The fourth-order valence-corrected chi connectivity index (χ4v) is 2.69. The van der Waals surface area contributed by atoms with Crippen LogP contribution in [0.25, 0.3) is 0 Å². The van der Waals surface area contributed by atoms with Gasteiger partial charge in [0.05, 0.1) is 30.5 Å². The minimum absolute atomic E-state index is 0.384. The second kappa shape index (κ2) is 8.58. The summed E-state index contributed by atoms with van der Waals surface area (Å²) in [5.74, 6) is 1.22. The van der Waals surface area contributed by atoms with Crippen molar-refractivity contribution in [1.82, 2.24) is 9.97 Å². The van der Waals surface area contributed by atoms with Gasteiger partial charge in [0.25, 0.3) is 0 Å². The summed E-state index contributed by atoms with van der Waals surface area (Å²) in [6.45, 7) is 1.86. The van der Waals surface area contributed by atoms with Crippen molar-refractivity contribution >= 4 is 40.7 Å². The number of ether oxygens (including phenoxy) is 2. The summed E-state index contributed by atoms with van der Waals surface area (Å²) in [7, 11) is 2.94. The molecule has 144 valence electrons. The van der Waals surface area contributed by atoms with E-state index in [1.807, 2.05) is 31.2 Å². The smallest absolute Gasteiger partial charge is 0.337 e. The summed E-state index contributed by atoms with van der Waals surface area (Å²) in [6.07, 6.45) is 0. The molecule has 2 N–H and O–H groups in total. The van der Waals surface area contributed by atoms with Crippen LogP contribution >= 0.6 is 11.6 Å². The van der Waals surface area contributed by atoms with E-state index in [1.165, 1.54) is 7.11 Å². The molecule has 0 bridgehead atoms. The van der Waals surface area contributed by atoms with E-state index in [4.69, 9.17) is 21.1 Å². The van der Waals surface area contributed by atoms with Gasteiger partial charge in [-0.1, -0.05) is 17.7 Å². The van der Waals surface area contributed by atoms with E-state index >= 15 is 0 Å². The Labute approximate surface area is 167 Å². The Hall–Kier alpha value is -3.32. The molecule has 0 amide bonds. The van der Waals surface area contributed by atoms with Crippen LogP contribution in [-0.4, -0.2) is 30.2 Å². The van der Waals surface area contributed by atoms with Crippen molar-refractivity contribution in [3.63, 3.8) is 0 Å². The summed E-state index contributed by atoms with van der Waals surface area (Å²) in [5, 5.41) is 6.73. The van der Waals surface area contributed by atoms with Gasteiger partial charge in [-0.2, -0.15) is 4.98 Å². The first-order chi connectivity index (χ1) is 13.5. The van der Waals surface area contributed by atoms with Crippen LogP contribution in [0.3, 0.4) is 0 Å². The van der Waals surface area contributed by atoms with Gasteiger partial charge in [0.2, 0.25) is 5.95 Å². The van der Waals surface area contributed by atoms with Gasteiger partial charge in [-0.05, 0) is 37.3 Å². The third kappa shape index (κ3) is 4.69. The lowest BCUT2D eigenvalue weighted by Gasteiger charge is -2.12. The Kier molecular flexibility index (Phi) is 5.96. The zero-order valence-electron chi connectivity index (χ0n) is 15.6. The Morgan fingerprint density at radius 1 is 1.04 bits per heavy atom. The lowest BCUT2D eigenvalue weighted by molar-refractivity contribution is 0.0601. The third-order valence-corrected chi connectivity index (χ3v) is 4.16. The molecule has 0 aliphatic rings. The first kappa shape index (κ1) is 19.4. The molecule has 7 nitrogen and oxygen atoms in total. The van der Waals surface area contributed by atoms with Crippen LogP contribution in [0.5, 0.6) is 5.75 Å². The van der Waals surface area contributed by atoms with Crippen molar-refractivity contribution in [2.24, 2.45) is 0 Å². The number of carbonyl (C=O) groups excluding carboxylic acids is 1. The fourth-order valence-electron chi connectivity index (χ4n) is 2.52. The van der Waals surface area contributed by atoms with Crippen LogP contribution in [0.4, 0.5) is 23.1 Å². The zero-order chi connectivity index (χ0) is 20.1. The number of nitrogens with one attached hydrogen (secondary N) is 2. The fraction of sp³-hybridized carbons (Fsp3) is 0.150. The summed E-state index contributed by atoms with van der Waals surface area (Å²) >= 11 is 6.25. The van der Waals surface area contributed by atoms with Gasteiger partial charge in [0.1, 0.15) is 11.6 Å². The van der Waals surface area contributed by atoms with Crippen molar-refractivity contribution in [2.45, 2.75) is 6.92 Å². The highest BCUT2D eigenvalue weighted by Crippen LogP contribution is 2.27. The molecule has 28 heavy (non-hydrogen) atoms. The highest BCUT2D eigenvalue weighted by atomic mass is 35.5. The molecule has 0 unspecified atom stereocenters. The van der Waals surface area contributed by atoms with Crippen LogP contribution in [0.2, 0.25) is 5.02 Å². The zero-order valence-corrected chi connectivity index (χ0v) is 16.4. The summed E-state index contributed by atoms with van der Waals surface area (Å²) in [6, 6.07) is 14.1. The standard InChI is InChI=1S/C20H19ClN4O3/c1-12-9-18(24-17-10-13(19(26)28-3)7-8-16(17)21)25-20(22-12)23-14-5-4-6-15(11-14)27-2/h4-11H,1-3H3,(H2,22,23,24,25). The average Bonchev–Trinajstić information content (AvgIpc) is 2.68. The summed E-state index contributed by atoms with van der Waals surface area (Å²) in [5.41, 5.74) is 2.47. The van der Waals surface area contributed by atoms with E-state index < -0.39 is 5.97 Å². The lowest BCUT2D eigenvalue weighted by atomic mass is 10.2. The number of methoxy groups -OCH3 is 2. The molecule has 0 radical (unpaired) electrons. The number of esters is 1. The SMILES string of the molecule is COC(=O)c1ccc(Cl)c(Nc2cc(C)nc(Nc3cccc(OC)c3)n2)c1. The van der Waals surface area contributed by atoms with Gasteiger partial charge < -0.3 is 20.1 Å². The highest BCUT2D eigenvalue weighted by molar-refractivity contribution is 6.33. The second-order valence-corrected chi connectivity index (χ2v) is 6.29. The maximum absolute atomic E-state index is 11.8. The van der Waals surface area contributed by atoms with Crippen LogP contribution in [0, 0.1) is 6.92 Å². The molecule has 3 aromatic rings. The van der Waals surface area contributed by atoms with E-state index in [2.05, 4.69) is 20.6 Å². The minimum Gasteiger partial charge on any atom is -0.497 e. The molecule has 0 aliphatic carbocycles. The molecule has 1 aromatic heterocycles. The largest absolute Gasteiger partial charge is 0.497 e. The molecule has 1 heterocycles. The quantitative estimate of drug-likeness (QED) is 0.581. The van der Waals surface area contributed by atoms with Gasteiger partial charge in [0, 0.05) is 23.5 Å². The normalized spacial score (nSPS) is 10.3. The number of anilines is 4. The number of hydrogen-bond acceptors (Lipinski definition) is 7. The number of carbonyl (C=O) groups is 1. The van der Waals surface area contributed by atoms with Crippen LogP contribution in [-0.2, 0) is 4.74 Å². The number of benzene rings is 2. The summed E-state index contributed by atoms with van der Waals surface area (Å²) < 4.78 is 9.98. The van der Waals surface area contributed by atoms with Crippen molar-refractivity contribution < 1.29 is 14.3 Å². The number of hydrogen-bond donors (Lipinski definition) is 2.